The minimum absolute atomic E-state index is 0.141. The number of aromatic amines is 1. The Morgan fingerprint density at radius 1 is 0.964 bits per heavy atom. The number of H-pyrrole nitrogens is 1. The predicted octanol–water partition coefficient (Wildman–Crippen LogP) is 1.59. The number of hydrogen-bond donors (Lipinski definition) is 3. The van der Waals surface area contributed by atoms with Crippen molar-refractivity contribution in [2.75, 3.05) is 33.4 Å². The van der Waals surface area contributed by atoms with Crippen LogP contribution in [-0.2, 0) is 9.47 Å². The van der Waals surface area contributed by atoms with Gasteiger partial charge in [-0.1, -0.05) is 18.2 Å². The van der Waals surface area contributed by atoms with Gasteiger partial charge in [0, 0.05) is 31.5 Å². The summed E-state index contributed by atoms with van der Waals surface area (Å²) in [4.78, 5) is 39.5. The Kier molecular flexibility index (Phi) is 7.76. The first-order chi connectivity index (χ1) is 13.5. The lowest BCUT2D eigenvalue weighted by Gasteiger charge is -2.07. The van der Waals surface area contributed by atoms with Gasteiger partial charge in [0.25, 0.3) is 11.8 Å². The standard InChI is InChI=1S/C20H25N3O5/c1-13-16(20(26)28-12-11-27-3)14(2)23-17(13)19(25)22-10-9-21-18(24)15-7-5-4-6-8-15/h4-8,23H,9-12H2,1-3H3,(H,21,24)(H,22,25). The molecule has 0 aliphatic heterocycles. The van der Waals surface area contributed by atoms with Crippen LogP contribution in [0.25, 0.3) is 0 Å². The summed E-state index contributed by atoms with van der Waals surface area (Å²) in [7, 11) is 1.52. The van der Waals surface area contributed by atoms with E-state index in [1.165, 1.54) is 7.11 Å². The maximum Gasteiger partial charge on any atom is 0.340 e. The van der Waals surface area contributed by atoms with Crippen molar-refractivity contribution in [1.29, 1.82) is 0 Å². The highest BCUT2D eigenvalue weighted by Crippen LogP contribution is 2.19. The topological polar surface area (TPSA) is 110 Å². The molecule has 8 nitrogen and oxygen atoms in total. The summed E-state index contributed by atoms with van der Waals surface area (Å²) in [5.41, 5.74) is 2.28. The van der Waals surface area contributed by atoms with Gasteiger partial charge in [0.2, 0.25) is 0 Å². The minimum Gasteiger partial charge on any atom is -0.460 e. The number of aromatic nitrogens is 1. The van der Waals surface area contributed by atoms with Crippen LogP contribution in [0.4, 0.5) is 0 Å². The van der Waals surface area contributed by atoms with Crippen molar-refractivity contribution in [3.8, 4) is 0 Å². The van der Waals surface area contributed by atoms with Crippen LogP contribution < -0.4 is 10.6 Å². The maximum atomic E-state index is 12.4. The second-order valence-electron chi connectivity index (χ2n) is 6.13. The van der Waals surface area contributed by atoms with Crippen LogP contribution in [0.5, 0.6) is 0 Å². The van der Waals surface area contributed by atoms with Crippen molar-refractivity contribution in [3.05, 3.63) is 58.4 Å². The van der Waals surface area contributed by atoms with Crippen molar-refractivity contribution in [2.24, 2.45) is 0 Å². The molecule has 0 radical (unpaired) electrons. The number of benzene rings is 1. The van der Waals surface area contributed by atoms with Gasteiger partial charge < -0.3 is 25.1 Å². The molecule has 2 aromatic rings. The van der Waals surface area contributed by atoms with Crippen molar-refractivity contribution < 1.29 is 23.9 Å². The van der Waals surface area contributed by atoms with E-state index in [9.17, 15) is 14.4 Å². The Bertz CT molecular complexity index is 830. The van der Waals surface area contributed by atoms with Gasteiger partial charge in [-0.25, -0.2) is 4.79 Å². The van der Waals surface area contributed by atoms with Crippen molar-refractivity contribution in [1.82, 2.24) is 15.6 Å². The molecule has 8 heteroatoms. The molecule has 0 atom stereocenters. The Morgan fingerprint density at radius 2 is 1.61 bits per heavy atom. The Morgan fingerprint density at radius 3 is 2.25 bits per heavy atom. The fourth-order valence-electron chi connectivity index (χ4n) is 2.71. The van der Waals surface area contributed by atoms with Gasteiger partial charge >= 0.3 is 5.97 Å². The number of hydrogen-bond acceptors (Lipinski definition) is 5. The van der Waals surface area contributed by atoms with Crippen molar-refractivity contribution >= 4 is 17.8 Å². The lowest BCUT2D eigenvalue weighted by Crippen LogP contribution is -2.35. The van der Waals surface area contributed by atoms with Gasteiger partial charge in [0.15, 0.2) is 0 Å². The summed E-state index contributed by atoms with van der Waals surface area (Å²) in [5.74, 6) is -1.06. The fraction of sp³-hybridized carbons (Fsp3) is 0.350. The summed E-state index contributed by atoms with van der Waals surface area (Å²) < 4.78 is 9.98. The van der Waals surface area contributed by atoms with E-state index in [1.807, 2.05) is 6.07 Å². The highest BCUT2D eigenvalue weighted by Gasteiger charge is 2.22. The molecular weight excluding hydrogens is 362 g/mol. The third-order valence-corrected chi connectivity index (χ3v) is 4.12. The molecule has 0 bridgehead atoms. The number of ether oxygens (including phenoxy) is 2. The average Bonchev–Trinajstić information content (AvgIpc) is 3.00. The molecule has 1 aromatic carbocycles. The van der Waals surface area contributed by atoms with Crippen molar-refractivity contribution in [3.63, 3.8) is 0 Å². The summed E-state index contributed by atoms with van der Waals surface area (Å²) in [6, 6.07) is 8.83. The summed E-state index contributed by atoms with van der Waals surface area (Å²) >= 11 is 0. The zero-order valence-corrected chi connectivity index (χ0v) is 16.3. The van der Waals surface area contributed by atoms with Crippen LogP contribution in [-0.4, -0.2) is 56.2 Å². The van der Waals surface area contributed by atoms with E-state index in [0.29, 0.717) is 34.7 Å². The number of carbonyl (C=O) groups is 3. The number of methoxy groups -OCH3 is 1. The highest BCUT2D eigenvalue weighted by atomic mass is 16.6. The third-order valence-electron chi connectivity index (χ3n) is 4.12. The van der Waals surface area contributed by atoms with Gasteiger partial charge in [-0.15, -0.1) is 0 Å². The summed E-state index contributed by atoms with van der Waals surface area (Å²) in [5, 5.41) is 5.46. The smallest absolute Gasteiger partial charge is 0.340 e. The third kappa shape index (κ3) is 5.43. The molecule has 1 aromatic heterocycles. The first-order valence-corrected chi connectivity index (χ1v) is 8.92. The molecule has 3 N–H and O–H groups in total. The van der Waals surface area contributed by atoms with Gasteiger partial charge in [-0.05, 0) is 31.5 Å². The van der Waals surface area contributed by atoms with Gasteiger partial charge in [0.1, 0.15) is 12.3 Å². The second kappa shape index (κ2) is 10.3. The quantitative estimate of drug-likeness (QED) is 0.447. The molecule has 0 aliphatic carbocycles. The zero-order chi connectivity index (χ0) is 20.5. The number of nitrogens with one attached hydrogen (secondary N) is 3. The van der Waals surface area contributed by atoms with Crippen LogP contribution in [0, 0.1) is 13.8 Å². The lowest BCUT2D eigenvalue weighted by molar-refractivity contribution is 0.0386. The molecule has 0 fully saturated rings. The predicted molar refractivity (Wildman–Crippen MR) is 104 cm³/mol. The Labute approximate surface area is 163 Å². The molecule has 0 saturated carbocycles. The molecule has 0 spiro atoms. The summed E-state index contributed by atoms with van der Waals surface area (Å²) in [6.07, 6.45) is 0. The van der Waals surface area contributed by atoms with E-state index < -0.39 is 5.97 Å². The van der Waals surface area contributed by atoms with E-state index in [0.717, 1.165) is 0 Å². The van der Waals surface area contributed by atoms with Crippen LogP contribution in [0.3, 0.4) is 0 Å². The Balaban J connectivity index is 1.88. The van der Waals surface area contributed by atoms with E-state index >= 15 is 0 Å². The highest BCUT2D eigenvalue weighted by molar-refractivity contribution is 6.00. The normalized spacial score (nSPS) is 10.4. The monoisotopic (exact) mass is 387 g/mol. The van der Waals surface area contributed by atoms with Gasteiger partial charge in [0.05, 0.1) is 12.2 Å². The molecule has 2 rings (SSSR count). The number of rotatable bonds is 9. The van der Waals surface area contributed by atoms with Crippen molar-refractivity contribution in [2.45, 2.75) is 13.8 Å². The molecule has 28 heavy (non-hydrogen) atoms. The zero-order valence-electron chi connectivity index (χ0n) is 16.3. The minimum atomic E-state index is -0.502. The van der Waals surface area contributed by atoms with Crippen LogP contribution >= 0.6 is 0 Å². The number of amides is 2. The SMILES string of the molecule is COCCOC(=O)c1c(C)[nH]c(C(=O)NCCNC(=O)c2ccccc2)c1C. The molecule has 0 aliphatic rings. The van der Waals surface area contributed by atoms with E-state index in [2.05, 4.69) is 15.6 Å². The fourth-order valence-corrected chi connectivity index (χ4v) is 2.71. The average molecular weight is 387 g/mol. The largest absolute Gasteiger partial charge is 0.460 e. The first kappa shape index (κ1) is 21.2. The first-order valence-electron chi connectivity index (χ1n) is 8.92. The Hall–Kier alpha value is -3.13. The lowest BCUT2D eigenvalue weighted by atomic mass is 10.1. The molecule has 0 saturated heterocycles. The molecule has 150 valence electrons. The van der Waals surface area contributed by atoms with Crippen LogP contribution in [0.2, 0.25) is 0 Å². The van der Waals surface area contributed by atoms with Gasteiger partial charge in [-0.2, -0.15) is 0 Å². The van der Waals surface area contributed by atoms with Crippen LogP contribution in [0.15, 0.2) is 30.3 Å². The van der Waals surface area contributed by atoms with E-state index in [-0.39, 0.29) is 31.5 Å². The summed E-state index contributed by atoms with van der Waals surface area (Å²) in [6.45, 7) is 4.37. The number of aryl methyl sites for hydroxylation is 1. The maximum absolute atomic E-state index is 12.4. The number of esters is 1. The molecule has 1 heterocycles. The van der Waals surface area contributed by atoms with E-state index in [1.54, 1.807) is 38.1 Å². The van der Waals surface area contributed by atoms with Crippen LogP contribution in [0.1, 0.15) is 42.5 Å². The molecule has 0 unspecified atom stereocenters. The molecular formula is C20H25N3O5. The molecule has 2 amide bonds. The number of carbonyl (C=O) groups excluding carboxylic acids is 3. The van der Waals surface area contributed by atoms with Gasteiger partial charge in [-0.3, -0.25) is 9.59 Å². The second-order valence-corrected chi connectivity index (χ2v) is 6.13. The van der Waals surface area contributed by atoms with E-state index in [4.69, 9.17) is 9.47 Å².